The zero-order chi connectivity index (χ0) is 17.6. The van der Waals surface area contributed by atoms with Crippen LogP contribution in [0.15, 0.2) is 21.3 Å². The van der Waals surface area contributed by atoms with Gasteiger partial charge in [-0.2, -0.15) is 0 Å². The summed E-state index contributed by atoms with van der Waals surface area (Å²) in [7, 11) is 0. The number of ketones is 2. The van der Waals surface area contributed by atoms with Crippen molar-refractivity contribution in [2.24, 2.45) is 0 Å². The molecule has 0 atom stereocenters. The Kier molecular flexibility index (Phi) is 3.80. The number of anilines is 1. The number of nitrogens with one attached hydrogen (secondary N) is 1. The largest absolute Gasteiger partial charge is 0.426 e. The molecule has 0 bridgehead atoms. The minimum absolute atomic E-state index is 0.0425. The third-order valence-corrected chi connectivity index (χ3v) is 3.81. The van der Waals surface area contributed by atoms with Gasteiger partial charge in [-0.3, -0.25) is 19.2 Å². The van der Waals surface area contributed by atoms with E-state index < -0.39 is 23.4 Å². The second-order valence-corrected chi connectivity index (χ2v) is 5.72. The van der Waals surface area contributed by atoms with Crippen molar-refractivity contribution in [3.8, 4) is 5.75 Å². The van der Waals surface area contributed by atoms with E-state index in [4.69, 9.17) is 9.26 Å². The highest BCUT2D eigenvalue weighted by molar-refractivity contribution is 9.10. The second kappa shape index (κ2) is 5.68. The summed E-state index contributed by atoms with van der Waals surface area (Å²) in [6, 6.07) is 2.71. The monoisotopic (exact) mass is 392 g/mol. The number of carbonyl (C=O) groups is 4. The van der Waals surface area contributed by atoms with Crippen molar-refractivity contribution in [3.63, 3.8) is 0 Å². The maximum Gasteiger partial charge on any atom is 0.308 e. The van der Waals surface area contributed by atoms with Crippen molar-refractivity contribution in [2.45, 2.75) is 13.8 Å². The Morgan fingerprint density at radius 2 is 1.83 bits per heavy atom. The zero-order valence-corrected chi connectivity index (χ0v) is 14.0. The van der Waals surface area contributed by atoms with Crippen LogP contribution in [0.2, 0.25) is 0 Å². The van der Waals surface area contributed by atoms with E-state index in [2.05, 4.69) is 26.4 Å². The Balaban J connectivity index is 2.30. The van der Waals surface area contributed by atoms with E-state index >= 15 is 0 Å². The van der Waals surface area contributed by atoms with Crippen molar-refractivity contribution < 1.29 is 28.4 Å². The summed E-state index contributed by atoms with van der Waals surface area (Å²) >= 11 is 3.06. The minimum atomic E-state index is -0.666. The summed E-state index contributed by atoms with van der Waals surface area (Å²) in [4.78, 5) is 48.1. The number of amides is 1. The van der Waals surface area contributed by atoms with Gasteiger partial charge in [0.05, 0.1) is 16.8 Å². The lowest BCUT2D eigenvalue weighted by molar-refractivity contribution is -0.131. The Labute approximate surface area is 143 Å². The van der Waals surface area contributed by atoms with Crippen LogP contribution in [0.4, 0.5) is 5.69 Å². The number of nitrogens with zero attached hydrogens (tertiary/aromatic N) is 1. The van der Waals surface area contributed by atoms with Crippen LogP contribution in [-0.4, -0.2) is 28.6 Å². The lowest BCUT2D eigenvalue weighted by Gasteiger charge is -2.19. The number of aromatic nitrogens is 1. The quantitative estimate of drug-likeness (QED) is 0.524. The molecule has 122 valence electrons. The summed E-state index contributed by atoms with van der Waals surface area (Å²) in [5.41, 5.74) is -0.146. The number of hydrogen-bond donors (Lipinski definition) is 1. The molecule has 0 unspecified atom stereocenters. The highest BCUT2D eigenvalue weighted by Crippen LogP contribution is 2.39. The van der Waals surface area contributed by atoms with Crippen molar-refractivity contribution in [1.29, 1.82) is 0 Å². The van der Waals surface area contributed by atoms with Gasteiger partial charge in [-0.05, 0) is 28.1 Å². The second-order valence-electron chi connectivity index (χ2n) is 4.97. The average molecular weight is 393 g/mol. The molecule has 1 heterocycles. The van der Waals surface area contributed by atoms with Crippen LogP contribution in [-0.2, 0) is 9.59 Å². The third kappa shape index (κ3) is 2.42. The molecular formula is C15H9BrN2O6. The first-order valence-corrected chi connectivity index (χ1v) is 7.48. The number of halogens is 1. The van der Waals surface area contributed by atoms with Gasteiger partial charge in [0.2, 0.25) is 23.2 Å². The van der Waals surface area contributed by atoms with Gasteiger partial charge in [-0.25, -0.2) is 0 Å². The molecule has 1 amide bonds. The van der Waals surface area contributed by atoms with Crippen LogP contribution in [0.1, 0.15) is 45.9 Å². The first-order chi connectivity index (χ1) is 11.3. The molecule has 1 aromatic carbocycles. The fourth-order valence-electron chi connectivity index (χ4n) is 2.44. The standard InChI is InChI=1S/C15H9BrN2O6/c1-5(19)17-7-3-4-8(23-6(2)20)10-9(7)12(21)11-14(13(10)22)24-18-15(11)16/h3-4H,1-2H3,(H,17,19). The van der Waals surface area contributed by atoms with E-state index in [0.717, 1.165) is 0 Å². The lowest BCUT2D eigenvalue weighted by Crippen LogP contribution is -2.24. The Morgan fingerprint density at radius 1 is 1.12 bits per heavy atom. The highest BCUT2D eigenvalue weighted by atomic mass is 79.9. The maximum atomic E-state index is 12.8. The molecule has 3 rings (SSSR count). The smallest absolute Gasteiger partial charge is 0.308 e. The number of carbonyl (C=O) groups excluding carboxylic acids is 4. The lowest BCUT2D eigenvalue weighted by atomic mass is 9.86. The van der Waals surface area contributed by atoms with Gasteiger partial charge in [0.15, 0.2) is 4.60 Å². The maximum absolute atomic E-state index is 12.8. The minimum Gasteiger partial charge on any atom is -0.426 e. The van der Waals surface area contributed by atoms with Crippen molar-refractivity contribution in [1.82, 2.24) is 5.16 Å². The van der Waals surface area contributed by atoms with E-state index in [-0.39, 0.29) is 38.5 Å². The number of rotatable bonds is 2. The van der Waals surface area contributed by atoms with E-state index in [0.29, 0.717) is 0 Å². The van der Waals surface area contributed by atoms with Crippen molar-refractivity contribution in [3.05, 3.63) is 39.2 Å². The molecule has 0 spiro atoms. The molecule has 8 nitrogen and oxygen atoms in total. The van der Waals surface area contributed by atoms with Gasteiger partial charge in [0, 0.05) is 13.8 Å². The molecule has 0 radical (unpaired) electrons. The highest BCUT2D eigenvalue weighted by Gasteiger charge is 2.40. The summed E-state index contributed by atoms with van der Waals surface area (Å²) in [5.74, 6) is -2.68. The summed E-state index contributed by atoms with van der Waals surface area (Å²) in [6.07, 6.45) is 0. The molecule has 9 heteroatoms. The molecular weight excluding hydrogens is 384 g/mol. The van der Waals surface area contributed by atoms with E-state index in [1.807, 2.05) is 0 Å². The molecule has 0 fully saturated rings. The van der Waals surface area contributed by atoms with E-state index in [1.165, 1.54) is 26.0 Å². The third-order valence-electron chi connectivity index (χ3n) is 3.27. The molecule has 1 N–H and O–H groups in total. The van der Waals surface area contributed by atoms with Crippen LogP contribution in [0.5, 0.6) is 5.75 Å². The molecule has 0 saturated heterocycles. The first-order valence-electron chi connectivity index (χ1n) is 6.68. The number of fused-ring (bicyclic) bond motifs is 2. The Bertz CT molecular complexity index is 930. The summed E-state index contributed by atoms with van der Waals surface area (Å²) in [6.45, 7) is 2.43. The Hall–Kier alpha value is -2.81. The van der Waals surface area contributed by atoms with Gasteiger partial charge in [0.25, 0.3) is 0 Å². The molecule has 0 saturated carbocycles. The van der Waals surface area contributed by atoms with Crippen LogP contribution in [0, 0.1) is 0 Å². The predicted molar refractivity (Wildman–Crippen MR) is 83.1 cm³/mol. The predicted octanol–water partition coefficient (Wildman–Crippen LogP) is 2.10. The number of ether oxygens (including phenoxy) is 1. The fourth-order valence-corrected chi connectivity index (χ4v) is 2.87. The average Bonchev–Trinajstić information content (AvgIpc) is 2.87. The van der Waals surface area contributed by atoms with Gasteiger partial charge < -0.3 is 14.6 Å². The van der Waals surface area contributed by atoms with Crippen molar-refractivity contribution >= 4 is 45.1 Å². The van der Waals surface area contributed by atoms with Crippen LogP contribution >= 0.6 is 15.9 Å². The Morgan fingerprint density at radius 3 is 2.46 bits per heavy atom. The van der Waals surface area contributed by atoms with Crippen LogP contribution < -0.4 is 10.1 Å². The molecule has 24 heavy (non-hydrogen) atoms. The summed E-state index contributed by atoms with van der Waals surface area (Å²) in [5, 5.41) is 6.06. The molecule has 1 aromatic heterocycles. The normalized spacial score (nSPS) is 12.5. The molecule has 1 aliphatic carbocycles. The van der Waals surface area contributed by atoms with Crippen LogP contribution in [0.25, 0.3) is 0 Å². The number of hydrogen-bond acceptors (Lipinski definition) is 7. The van der Waals surface area contributed by atoms with Gasteiger partial charge in [-0.1, -0.05) is 5.16 Å². The van der Waals surface area contributed by atoms with Gasteiger partial charge in [-0.15, -0.1) is 0 Å². The molecule has 0 aliphatic heterocycles. The molecule has 2 aromatic rings. The summed E-state index contributed by atoms with van der Waals surface area (Å²) < 4.78 is 10.0. The number of esters is 1. The van der Waals surface area contributed by atoms with Crippen LogP contribution in [0.3, 0.4) is 0 Å². The van der Waals surface area contributed by atoms with E-state index in [1.54, 1.807) is 0 Å². The van der Waals surface area contributed by atoms with E-state index in [9.17, 15) is 19.2 Å². The van der Waals surface area contributed by atoms with Gasteiger partial charge >= 0.3 is 5.97 Å². The number of benzene rings is 1. The van der Waals surface area contributed by atoms with Gasteiger partial charge in [0.1, 0.15) is 11.3 Å². The molecule has 1 aliphatic rings. The van der Waals surface area contributed by atoms with Crippen molar-refractivity contribution in [2.75, 3.05) is 5.32 Å². The zero-order valence-electron chi connectivity index (χ0n) is 12.4. The topological polar surface area (TPSA) is 116 Å². The fraction of sp³-hybridized carbons (Fsp3) is 0.133. The first kappa shape index (κ1) is 16.1. The SMILES string of the molecule is CC(=O)Nc1ccc(OC(C)=O)c2c1C(=O)c1c(Br)noc1C2=O.